The fourth-order valence-electron chi connectivity index (χ4n) is 3.47. The molecule has 3 aromatic rings. The molecule has 158 valence electrons. The molecule has 6 nitrogen and oxygen atoms in total. The van der Waals surface area contributed by atoms with E-state index in [1.54, 1.807) is 36.3 Å². The standard InChI is InChI=1S/C22H24ClN3O3S/c1-28-17-8-6-16(7-9-17)21(27)26(11-3-10-25-12-14-29-15-13-25)22-24-20-18(23)4-2-5-19(20)30-22/h2,4-9H,3,10-15H2,1H3. The molecule has 1 aliphatic heterocycles. The number of halogens is 1. The number of nitrogens with zero attached hydrogens (tertiary/aromatic N) is 3. The number of rotatable bonds is 7. The van der Waals surface area contributed by atoms with Crippen LogP contribution in [0.3, 0.4) is 0 Å². The summed E-state index contributed by atoms with van der Waals surface area (Å²) in [6, 6.07) is 12.9. The van der Waals surface area contributed by atoms with Gasteiger partial charge in [-0.15, -0.1) is 0 Å². The lowest BCUT2D eigenvalue weighted by Crippen LogP contribution is -2.39. The molecule has 0 spiro atoms. The zero-order valence-electron chi connectivity index (χ0n) is 16.8. The summed E-state index contributed by atoms with van der Waals surface area (Å²) in [5.74, 6) is 0.645. The number of hydrogen-bond donors (Lipinski definition) is 0. The van der Waals surface area contributed by atoms with Gasteiger partial charge in [0.2, 0.25) is 0 Å². The SMILES string of the molecule is COc1ccc(C(=O)N(CCCN2CCOCC2)c2nc3c(Cl)cccc3s2)cc1. The number of methoxy groups -OCH3 is 1. The van der Waals surface area contributed by atoms with Crippen LogP contribution in [-0.4, -0.2) is 62.3 Å². The van der Waals surface area contributed by atoms with E-state index in [2.05, 4.69) is 4.90 Å². The molecule has 1 amide bonds. The van der Waals surface area contributed by atoms with E-state index in [9.17, 15) is 4.79 Å². The Labute approximate surface area is 185 Å². The predicted octanol–water partition coefficient (Wildman–Crippen LogP) is 4.33. The molecule has 0 N–H and O–H groups in total. The first-order valence-electron chi connectivity index (χ1n) is 9.97. The molecule has 2 aromatic carbocycles. The molecule has 2 heterocycles. The molecule has 0 atom stereocenters. The van der Waals surface area contributed by atoms with Crippen molar-refractivity contribution in [2.75, 3.05) is 51.4 Å². The third kappa shape index (κ3) is 4.75. The minimum absolute atomic E-state index is 0.0743. The summed E-state index contributed by atoms with van der Waals surface area (Å²) >= 11 is 7.81. The Morgan fingerprint density at radius 2 is 2.00 bits per heavy atom. The van der Waals surface area contributed by atoms with E-state index in [0.29, 0.717) is 22.3 Å². The van der Waals surface area contributed by atoms with E-state index in [-0.39, 0.29) is 5.91 Å². The molecule has 0 bridgehead atoms. The van der Waals surface area contributed by atoms with Crippen molar-refractivity contribution in [3.8, 4) is 5.75 Å². The van der Waals surface area contributed by atoms with Crippen LogP contribution in [0, 0.1) is 0 Å². The maximum Gasteiger partial charge on any atom is 0.260 e. The molecule has 8 heteroatoms. The maximum absolute atomic E-state index is 13.4. The number of ether oxygens (including phenoxy) is 2. The van der Waals surface area contributed by atoms with Gasteiger partial charge in [-0.3, -0.25) is 14.6 Å². The van der Waals surface area contributed by atoms with Crippen LogP contribution < -0.4 is 9.64 Å². The van der Waals surface area contributed by atoms with Crippen molar-refractivity contribution in [3.63, 3.8) is 0 Å². The predicted molar refractivity (Wildman–Crippen MR) is 121 cm³/mol. The van der Waals surface area contributed by atoms with Crippen LogP contribution in [0.2, 0.25) is 5.02 Å². The highest BCUT2D eigenvalue weighted by molar-refractivity contribution is 7.22. The van der Waals surface area contributed by atoms with Gasteiger partial charge in [0.15, 0.2) is 5.13 Å². The van der Waals surface area contributed by atoms with Crippen LogP contribution in [0.4, 0.5) is 5.13 Å². The number of fused-ring (bicyclic) bond motifs is 1. The summed E-state index contributed by atoms with van der Waals surface area (Å²) in [5, 5.41) is 1.26. The number of morpholine rings is 1. The van der Waals surface area contributed by atoms with Gasteiger partial charge in [0.05, 0.1) is 30.0 Å². The van der Waals surface area contributed by atoms with Crippen molar-refractivity contribution in [1.82, 2.24) is 9.88 Å². The van der Waals surface area contributed by atoms with Crippen LogP contribution in [0.25, 0.3) is 10.2 Å². The van der Waals surface area contributed by atoms with Crippen molar-refractivity contribution in [3.05, 3.63) is 53.1 Å². The van der Waals surface area contributed by atoms with Crippen LogP contribution in [-0.2, 0) is 4.74 Å². The lowest BCUT2D eigenvalue weighted by molar-refractivity contribution is 0.0376. The number of amides is 1. The maximum atomic E-state index is 13.4. The van der Waals surface area contributed by atoms with E-state index in [1.807, 2.05) is 18.2 Å². The van der Waals surface area contributed by atoms with E-state index in [0.717, 1.165) is 55.2 Å². The normalized spacial score (nSPS) is 14.7. The zero-order valence-corrected chi connectivity index (χ0v) is 18.4. The topological polar surface area (TPSA) is 54.9 Å². The Morgan fingerprint density at radius 1 is 1.23 bits per heavy atom. The summed E-state index contributed by atoms with van der Waals surface area (Å²) < 4.78 is 11.6. The summed E-state index contributed by atoms with van der Waals surface area (Å²) in [4.78, 5) is 22.2. The van der Waals surface area contributed by atoms with Crippen LogP contribution in [0.5, 0.6) is 5.75 Å². The Bertz CT molecular complexity index is 1000. The lowest BCUT2D eigenvalue weighted by Gasteiger charge is -2.27. The Hall–Kier alpha value is -2.19. The number of thiazole rings is 1. The summed E-state index contributed by atoms with van der Waals surface area (Å²) in [7, 11) is 1.61. The van der Waals surface area contributed by atoms with Gasteiger partial charge in [0, 0.05) is 31.7 Å². The largest absolute Gasteiger partial charge is 0.497 e. The fourth-order valence-corrected chi connectivity index (χ4v) is 4.76. The number of anilines is 1. The van der Waals surface area contributed by atoms with Gasteiger partial charge in [-0.05, 0) is 42.8 Å². The highest BCUT2D eigenvalue weighted by atomic mass is 35.5. The average molecular weight is 446 g/mol. The first kappa shape index (κ1) is 21.1. The van der Waals surface area contributed by atoms with Crippen molar-refractivity contribution in [1.29, 1.82) is 0 Å². The third-order valence-electron chi connectivity index (χ3n) is 5.13. The number of carbonyl (C=O) groups is 1. The van der Waals surface area contributed by atoms with Gasteiger partial charge >= 0.3 is 0 Å². The van der Waals surface area contributed by atoms with Gasteiger partial charge < -0.3 is 9.47 Å². The van der Waals surface area contributed by atoms with E-state index in [4.69, 9.17) is 26.1 Å². The van der Waals surface area contributed by atoms with Gasteiger partial charge in [0.25, 0.3) is 5.91 Å². The first-order valence-corrected chi connectivity index (χ1v) is 11.2. The average Bonchev–Trinajstić information content (AvgIpc) is 3.22. The molecule has 30 heavy (non-hydrogen) atoms. The highest BCUT2D eigenvalue weighted by Crippen LogP contribution is 2.33. The highest BCUT2D eigenvalue weighted by Gasteiger charge is 2.22. The number of benzene rings is 2. The van der Waals surface area contributed by atoms with Crippen molar-refractivity contribution in [2.45, 2.75) is 6.42 Å². The third-order valence-corrected chi connectivity index (χ3v) is 6.48. The second kappa shape index (κ2) is 9.75. The Kier molecular flexibility index (Phi) is 6.84. The van der Waals surface area contributed by atoms with Crippen molar-refractivity contribution in [2.24, 2.45) is 0 Å². The molecular formula is C22H24ClN3O3S. The van der Waals surface area contributed by atoms with Crippen molar-refractivity contribution >= 4 is 44.2 Å². The lowest BCUT2D eigenvalue weighted by atomic mass is 10.2. The molecule has 1 fully saturated rings. The molecule has 1 saturated heterocycles. The number of hydrogen-bond acceptors (Lipinski definition) is 6. The zero-order chi connectivity index (χ0) is 20.9. The van der Waals surface area contributed by atoms with Gasteiger partial charge in [-0.2, -0.15) is 0 Å². The Morgan fingerprint density at radius 3 is 2.70 bits per heavy atom. The van der Waals surface area contributed by atoms with E-state index in [1.165, 1.54) is 11.3 Å². The molecule has 0 aliphatic carbocycles. The number of para-hydroxylation sites is 1. The molecule has 1 aliphatic rings. The number of aromatic nitrogens is 1. The van der Waals surface area contributed by atoms with Gasteiger partial charge in [0.1, 0.15) is 11.3 Å². The molecule has 0 saturated carbocycles. The Balaban J connectivity index is 1.57. The molecule has 0 unspecified atom stereocenters. The minimum atomic E-state index is -0.0743. The minimum Gasteiger partial charge on any atom is -0.497 e. The number of carbonyl (C=O) groups excluding carboxylic acids is 1. The van der Waals surface area contributed by atoms with Gasteiger partial charge in [-0.25, -0.2) is 4.98 Å². The monoisotopic (exact) mass is 445 g/mol. The quantitative estimate of drug-likeness (QED) is 0.542. The van der Waals surface area contributed by atoms with Crippen LogP contribution >= 0.6 is 22.9 Å². The molecule has 1 aromatic heterocycles. The second-order valence-corrected chi connectivity index (χ2v) is 8.49. The fraction of sp³-hybridized carbons (Fsp3) is 0.364. The summed E-state index contributed by atoms with van der Waals surface area (Å²) in [6.07, 6.45) is 0.853. The van der Waals surface area contributed by atoms with Crippen LogP contribution in [0.15, 0.2) is 42.5 Å². The van der Waals surface area contributed by atoms with E-state index < -0.39 is 0 Å². The second-order valence-electron chi connectivity index (χ2n) is 7.08. The van der Waals surface area contributed by atoms with Crippen molar-refractivity contribution < 1.29 is 14.3 Å². The smallest absolute Gasteiger partial charge is 0.260 e. The molecule has 4 rings (SSSR count). The van der Waals surface area contributed by atoms with Gasteiger partial charge in [-0.1, -0.05) is 29.0 Å². The molecular weight excluding hydrogens is 422 g/mol. The summed E-state index contributed by atoms with van der Waals surface area (Å²) in [5.41, 5.74) is 1.34. The summed E-state index contributed by atoms with van der Waals surface area (Å²) in [6.45, 7) is 4.91. The molecule has 0 radical (unpaired) electrons. The van der Waals surface area contributed by atoms with Crippen LogP contribution in [0.1, 0.15) is 16.8 Å². The first-order chi connectivity index (χ1) is 14.7. The van der Waals surface area contributed by atoms with E-state index >= 15 is 0 Å².